The summed E-state index contributed by atoms with van der Waals surface area (Å²) in [5.74, 6) is -0.145. The van der Waals surface area contributed by atoms with Crippen LogP contribution in [0.15, 0.2) is 24.3 Å². The lowest BCUT2D eigenvalue weighted by atomic mass is 9.76. The van der Waals surface area contributed by atoms with E-state index < -0.39 is 5.54 Å². The Bertz CT molecular complexity index is 555. The van der Waals surface area contributed by atoms with Crippen LogP contribution in [0.25, 0.3) is 0 Å². The van der Waals surface area contributed by atoms with Crippen molar-refractivity contribution in [3.8, 4) is 0 Å². The second-order valence-corrected chi connectivity index (χ2v) is 8.30. The highest BCUT2D eigenvalue weighted by atomic mass is 35.5. The topological polar surface area (TPSA) is 29.5 Å². The number of methoxy groups -OCH3 is 1. The second kappa shape index (κ2) is 7.88. The first-order chi connectivity index (χ1) is 11.3. The van der Waals surface area contributed by atoms with Crippen molar-refractivity contribution >= 4 is 17.6 Å². The molecule has 0 spiro atoms. The van der Waals surface area contributed by atoms with Crippen molar-refractivity contribution in [2.45, 2.75) is 58.4 Å². The van der Waals surface area contributed by atoms with Crippen LogP contribution < -0.4 is 0 Å². The summed E-state index contributed by atoms with van der Waals surface area (Å²) in [6, 6.07) is 8.13. The predicted molar refractivity (Wildman–Crippen MR) is 99.4 cm³/mol. The zero-order valence-electron chi connectivity index (χ0n) is 15.4. The molecular weight excluding hydrogens is 322 g/mol. The molecule has 134 valence electrons. The molecule has 1 aromatic carbocycles. The maximum Gasteiger partial charge on any atom is 0.325 e. The Kier molecular flexibility index (Phi) is 6.33. The van der Waals surface area contributed by atoms with Gasteiger partial charge in [-0.1, -0.05) is 30.7 Å². The van der Waals surface area contributed by atoms with Gasteiger partial charge in [-0.25, -0.2) is 0 Å². The molecule has 1 atom stereocenters. The van der Waals surface area contributed by atoms with Crippen LogP contribution in [0.3, 0.4) is 0 Å². The number of carbonyl (C=O) groups is 1. The van der Waals surface area contributed by atoms with E-state index in [4.69, 9.17) is 16.3 Å². The van der Waals surface area contributed by atoms with Crippen LogP contribution in [0.4, 0.5) is 0 Å². The van der Waals surface area contributed by atoms with Crippen LogP contribution in [-0.2, 0) is 16.0 Å². The fourth-order valence-corrected chi connectivity index (χ4v) is 3.87. The summed E-state index contributed by atoms with van der Waals surface area (Å²) in [6.45, 7) is 8.22. The van der Waals surface area contributed by atoms with Crippen LogP contribution in [0.2, 0.25) is 5.02 Å². The Morgan fingerprint density at radius 2 is 2.00 bits per heavy atom. The highest BCUT2D eigenvalue weighted by Crippen LogP contribution is 2.37. The Morgan fingerprint density at radius 3 is 2.62 bits per heavy atom. The lowest BCUT2D eigenvalue weighted by Gasteiger charge is -2.46. The minimum Gasteiger partial charge on any atom is -0.468 e. The zero-order valence-corrected chi connectivity index (χ0v) is 16.2. The van der Waals surface area contributed by atoms with Crippen LogP contribution in [0.5, 0.6) is 0 Å². The number of piperidine rings is 1. The van der Waals surface area contributed by atoms with Gasteiger partial charge >= 0.3 is 5.97 Å². The first-order valence-electron chi connectivity index (χ1n) is 8.85. The van der Waals surface area contributed by atoms with Crippen molar-refractivity contribution in [1.82, 2.24) is 4.90 Å². The minimum atomic E-state index is -0.549. The number of nitrogens with zero attached hydrogens (tertiary/aromatic N) is 1. The van der Waals surface area contributed by atoms with Crippen molar-refractivity contribution in [1.29, 1.82) is 0 Å². The normalized spacial score (nSPS) is 22.4. The van der Waals surface area contributed by atoms with Gasteiger partial charge in [-0.3, -0.25) is 9.69 Å². The summed E-state index contributed by atoms with van der Waals surface area (Å²) in [5.41, 5.74) is 1.05. The monoisotopic (exact) mass is 351 g/mol. The molecular formula is C20H30ClNO2. The Labute approximate surface area is 151 Å². The van der Waals surface area contributed by atoms with E-state index in [1.54, 1.807) is 0 Å². The summed E-state index contributed by atoms with van der Waals surface area (Å²) < 4.78 is 4.99. The summed E-state index contributed by atoms with van der Waals surface area (Å²) in [4.78, 5) is 14.4. The molecule has 1 aliphatic heterocycles. The van der Waals surface area contributed by atoms with Gasteiger partial charge in [0, 0.05) is 11.6 Å². The van der Waals surface area contributed by atoms with Crippen molar-refractivity contribution in [3.63, 3.8) is 0 Å². The minimum absolute atomic E-state index is 0.145. The number of likely N-dealkylation sites (tertiary alicyclic amines) is 1. The van der Waals surface area contributed by atoms with E-state index in [1.165, 1.54) is 25.5 Å². The van der Waals surface area contributed by atoms with E-state index >= 15 is 0 Å². The molecule has 1 unspecified atom stereocenters. The molecule has 1 aromatic rings. The Morgan fingerprint density at radius 1 is 1.33 bits per heavy atom. The fraction of sp³-hybridized carbons (Fsp3) is 0.650. The molecule has 0 aromatic heterocycles. The van der Waals surface area contributed by atoms with E-state index in [9.17, 15) is 4.79 Å². The van der Waals surface area contributed by atoms with Crippen molar-refractivity contribution < 1.29 is 9.53 Å². The number of esters is 1. The number of carbonyl (C=O) groups excluding carboxylic acids is 1. The zero-order chi connectivity index (χ0) is 17.8. The van der Waals surface area contributed by atoms with Gasteiger partial charge in [0.2, 0.25) is 0 Å². The average Bonchev–Trinajstić information content (AvgIpc) is 2.55. The van der Waals surface area contributed by atoms with Crippen molar-refractivity contribution in [2.24, 2.45) is 5.41 Å². The maximum absolute atomic E-state index is 12.1. The Hall–Kier alpha value is -1.06. The van der Waals surface area contributed by atoms with Crippen LogP contribution in [0, 0.1) is 5.41 Å². The van der Waals surface area contributed by atoms with Crippen molar-refractivity contribution in [3.05, 3.63) is 34.9 Å². The standard InChI is InChI=1S/C20H30ClNO2/c1-19(2,18(23)24-4)22-14-6-13-20(3,15-22)12-5-7-16-8-10-17(21)11-9-16/h8-11H,5-7,12-15H2,1-4H3. The molecule has 0 N–H and O–H groups in total. The number of ether oxygens (including phenoxy) is 1. The smallest absolute Gasteiger partial charge is 0.325 e. The van der Waals surface area contributed by atoms with Gasteiger partial charge in [0.25, 0.3) is 0 Å². The number of hydrogen-bond acceptors (Lipinski definition) is 3. The highest BCUT2D eigenvalue weighted by Gasteiger charge is 2.41. The summed E-state index contributed by atoms with van der Waals surface area (Å²) in [5, 5.41) is 0.790. The van der Waals surface area contributed by atoms with E-state index in [0.717, 1.165) is 37.4 Å². The quantitative estimate of drug-likeness (QED) is 0.695. The maximum atomic E-state index is 12.1. The van der Waals surface area contributed by atoms with E-state index in [0.29, 0.717) is 0 Å². The number of hydrogen-bond donors (Lipinski definition) is 0. The molecule has 1 fully saturated rings. The molecule has 1 aliphatic rings. The summed E-state index contributed by atoms with van der Waals surface area (Å²) >= 11 is 5.94. The second-order valence-electron chi connectivity index (χ2n) is 7.87. The van der Waals surface area contributed by atoms with E-state index in [-0.39, 0.29) is 11.4 Å². The SMILES string of the molecule is COC(=O)C(C)(C)N1CCCC(C)(CCCc2ccc(Cl)cc2)C1. The average molecular weight is 352 g/mol. The molecule has 4 heteroatoms. The molecule has 1 heterocycles. The lowest BCUT2D eigenvalue weighted by Crippen LogP contribution is -2.56. The van der Waals surface area contributed by atoms with Gasteiger partial charge in [0.15, 0.2) is 0 Å². The summed E-state index contributed by atoms with van der Waals surface area (Å²) in [6.07, 6.45) is 5.76. The molecule has 1 saturated heterocycles. The van der Waals surface area contributed by atoms with Gasteiger partial charge in [0.05, 0.1) is 7.11 Å². The fourth-order valence-electron chi connectivity index (χ4n) is 3.75. The molecule has 0 amide bonds. The first kappa shape index (κ1) is 19.3. The number of rotatable bonds is 6. The molecule has 0 saturated carbocycles. The summed E-state index contributed by atoms with van der Waals surface area (Å²) in [7, 11) is 1.47. The highest BCUT2D eigenvalue weighted by molar-refractivity contribution is 6.30. The van der Waals surface area contributed by atoms with Gasteiger partial charge in [0.1, 0.15) is 5.54 Å². The van der Waals surface area contributed by atoms with Gasteiger partial charge < -0.3 is 4.74 Å². The van der Waals surface area contributed by atoms with E-state index in [1.807, 2.05) is 26.0 Å². The van der Waals surface area contributed by atoms with Crippen LogP contribution in [0.1, 0.15) is 52.0 Å². The van der Waals surface area contributed by atoms with E-state index in [2.05, 4.69) is 24.0 Å². The number of aryl methyl sites for hydroxylation is 1. The van der Waals surface area contributed by atoms with Crippen LogP contribution >= 0.6 is 11.6 Å². The van der Waals surface area contributed by atoms with Gasteiger partial charge in [-0.15, -0.1) is 0 Å². The number of halogens is 1. The third kappa shape index (κ3) is 4.73. The lowest BCUT2D eigenvalue weighted by molar-refractivity contribution is -0.155. The first-order valence-corrected chi connectivity index (χ1v) is 9.23. The molecule has 2 rings (SSSR count). The van der Waals surface area contributed by atoms with Gasteiger partial charge in [-0.2, -0.15) is 0 Å². The largest absolute Gasteiger partial charge is 0.468 e. The molecule has 0 bridgehead atoms. The van der Waals surface area contributed by atoms with Crippen molar-refractivity contribution in [2.75, 3.05) is 20.2 Å². The third-order valence-electron chi connectivity index (χ3n) is 5.42. The van der Waals surface area contributed by atoms with Gasteiger partial charge in [-0.05, 0) is 75.6 Å². The molecule has 24 heavy (non-hydrogen) atoms. The number of benzene rings is 1. The predicted octanol–water partition coefficient (Wildman–Crippen LogP) is 4.72. The van der Waals surface area contributed by atoms with Crippen LogP contribution in [-0.4, -0.2) is 36.6 Å². The molecule has 0 radical (unpaired) electrons. The third-order valence-corrected chi connectivity index (χ3v) is 5.67. The Balaban J connectivity index is 1.91. The molecule has 3 nitrogen and oxygen atoms in total. The molecule has 0 aliphatic carbocycles.